The molecule has 0 aliphatic carbocycles. The molecule has 5 heteroatoms. The maximum absolute atomic E-state index is 12.6. The monoisotopic (exact) mass is 323 g/mol. The van der Waals surface area contributed by atoms with Crippen molar-refractivity contribution in [3.05, 3.63) is 76.3 Å². The highest BCUT2D eigenvalue weighted by Gasteiger charge is 2.14. The van der Waals surface area contributed by atoms with Crippen LogP contribution in [0.3, 0.4) is 0 Å². The number of hydrogen-bond acceptors (Lipinski definition) is 2. The van der Waals surface area contributed by atoms with Crippen LogP contribution in [0.5, 0.6) is 0 Å². The van der Waals surface area contributed by atoms with Crippen molar-refractivity contribution >= 4 is 23.8 Å². The summed E-state index contributed by atoms with van der Waals surface area (Å²) in [6.07, 6.45) is 1.63. The van der Waals surface area contributed by atoms with Crippen LogP contribution in [-0.2, 0) is 0 Å². The molecule has 0 radical (unpaired) electrons. The Labute approximate surface area is 139 Å². The fraction of sp³-hybridized carbons (Fsp3) is 0.111. The highest BCUT2D eigenvalue weighted by atomic mass is 32.1. The average Bonchev–Trinajstić information content (AvgIpc) is 2.89. The third kappa shape index (κ3) is 3.24. The van der Waals surface area contributed by atoms with Crippen LogP contribution in [-0.4, -0.2) is 15.5 Å². The summed E-state index contributed by atoms with van der Waals surface area (Å²) in [5.41, 5.74) is 4.31. The second-order valence-corrected chi connectivity index (χ2v) is 5.87. The van der Waals surface area contributed by atoms with Crippen molar-refractivity contribution in [3.8, 4) is 5.69 Å². The normalized spacial score (nSPS) is 10.5. The fourth-order valence-corrected chi connectivity index (χ4v) is 2.87. The molecule has 2 aromatic carbocycles. The first-order valence-corrected chi connectivity index (χ1v) is 7.71. The van der Waals surface area contributed by atoms with Gasteiger partial charge in [0.2, 0.25) is 0 Å². The zero-order valence-electron chi connectivity index (χ0n) is 13.0. The topological polar surface area (TPSA) is 49.8 Å². The number of carbonyl (C=O) groups is 1. The number of carbonyl (C=O) groups excluding carboxylic acids is 1. The molecule has 0 aliphatic rings. The minimum Gasteiger partial charge on any atom is -0.336 e. The predicted molar refractivity (Wildman–Crippen MR) is 94.8 cm³/mol. The third-order valence-corrected chi connectivity index (χ3v) is 3.80. The van der Waals surface area contributed by atoms with Crippen LogP contribution in [0.25, 0.3) is 5.69 Å². The van der Waals surface area contributed by atoms with Gasteiger partial charge in [0.05, 0.1) is 0 Å². The van der Waals surface area contributed by atoms with Gasteiger partial charge in [-0.05, 0) is 61.5 Å². The van der Waals surface area contributed by atoms with Crippen molar-refractivity contribution in [2.45, 2.75) is 13.8 Å². The Balaban J connectivity index is 1.96. The lowest BCUT2D eigenvalue weighted by atomic mass is 10.1. The number of para-hydroxylation sites is 1. The van der Waals surface area contributed by atoms with E-state index in [-0.39, 0.29) is 5.91 Å². The summed E-state index contributed by atoms with van der Waals surface area (Å²) in [6.45, 7) is 4.01. The molecule has 1 amide bonds. The van der Waals surface area contributed by atoms with Gasteiger partial charge >= 0.3 is 0 Å². The molecular formula is C18H17N3OS. The average molecular weight is 323 g/mol. The summed E-state index contributed by atoms with van der Waals surface area (Å²) in [7, 11) is 0. The van der Waals surface area contributed by atoms with Gasteiger partial charge in [-0.3, -0.25) is 9.36 Å². The summed E-state index contributed by atoms with van der Waals surface area (Å²) in [5, 5.41) is 2.94. The number of anilines is 1. The van der Waals surface area contributed by atoms with Crippen molar-refractivity contribution in [3.63, 3.8) is 0 Å². The van der Waals surface area contributed by atoms with Gasteiger partial charge in [0.15, 0.2) is 4.77 Å². The van der Waals surface area contributed by atoms with Crippen LogP contribution in [0.4, 0.5) is 5.69 Å². The van der Waals surface area contributed by atoms with Crippen molar-refractivity contribution < 1.29 is 4.79 Å². The van der Waals surface area contributed by atoms with Crippen molar-refractivity contribution in [2.24, 2.45) is 0 Å². The molecule has 0 aliphatic heterocycles. The SMILES string of the molecule is Cc1cc(C)cc(NC(=O)c2c[nH]c(=S)n2-c2ccccc2)c1. The first kappa shape index (κ1) is 15.2. The second kappa shape index (κ2) is 6.22. The maximum Gasteiger partial charge on any atom is 0.274 e. The molecule has 23 heavy (non-hydrogen) atoms. The van der Waals surface area contributed by atoms with E-state index in [1.54, 1.807) is 10.8 Å². The number of benzene rings is 2. The number of nitrogens with zero attached hydrogens (tertiary/aromatic N) is 1. The summed E-state index contributed by atoms with van der Waals surface area (Å²) in [5.74, 6) is -0.203. The summed E-state index contributed by atoms with van der Waals surface area (Å²) in [6, 6.07) is 15.5. The molecule has 2 N–H and O–H groups in total. The van der Waals surface area contributed by atoms with Crippen molar-refractivity contribution in [1.82, 2.24) is 9.55 Å². The minimum atomic E-state index is -0.203. The van der Waals surface area contributed by atoms with Gasteiger partial charge < -0.3 is 10.3 Å². The Hall–Kier alpha value is -2.66. The molecule has 1 aromatic heterocycles. The first-order chi connectivity index (χ1) is 11.0. The van der Waals surface area contributed by atoms with Crippen LogP contribution in [0.2, 0.25) is 0 Å². The zero-order chi connectivity index (χ0) is 16.4. The molecule has 116 valence electrons. The molecule has 3 aromatic rings. The minimum absolute atomic E-state index is 0.203. The Morgan fingerprint density at radius 2 is 1.74 bits per heavy atom. The van der Waals surface area contributed by atoms with Gasteiger partial charge in [-0.1, -0.05) is 24.3 Å². The quantitative estimate of drug-likeness (QED) is 0.702. The lowest BCUT2D eigenvalue weighted by Crippen LogP contribution is -2.16. The van der Waals surface area contributed by atoms with Gasteiger partial charge in [-0.15, -0.1) is 0 Å². The number of aromatic nitrogens is 2. The van der Waals surface area contributed by atoms with Crippen molar-refractivity contribution in [2.75, 3.05) is 5.32 Å². The summed E-state index contributed by atoms with van der Waals surface area (Å²) >= 11 is 5.31. The summed E-state index contributed by atoms with van der Waals surface area (Å²) < 4.78 is 2.22. The largest absolute Gasteiger partial charge is 0.336 e. The lowest BCUT2D eigenvalue weighted by Gasteiger charge is -2.10. The maximum atomic E-state index is 12.6. The standard InChI is InChI=1S/C18H17N3OS/c1-12-8-13(2)10-14(9-12)20-17(22)16-11-19-18(23)21(16)15-6-4-3-5-7-15/h3-11H,1-2H3,(H,19,23)(H,20,22). The number of nitrogens with one attached hydrogen (secondary N) is 2. The molecule has 0 spiro atoms. The number of H-pyrrole nitrogens is 1. The molecule has 0 atom stereocenters. The van der Waals surface area contributed by atoms with E-state index in [0.717, 1.165) is 22.5 Å². The van der Waals surface area contributed by atoms with Gasteiger partial charge in [-0.2, -0.15) is 0 Å². The molecule has 0 saturated heterocycles. The van der Waals surface area contributed by atoms with E-state index >= 15 is 0 Å². The number of aromatic amines is 1. The van der Waals surface area contributed by atoms with Crippen LogP contribution in [0, 0.1) is 18.6 Å². The number of aryl methyl sites for hydroxylation is 2. The predicted octanol–water partition coefficient (Wildman–Crippen LogP) is 4.40. The van der Waals surface area contributed by atoms with Gasteiger partial charge in [0.25, 0.3) is 5.91 Å². The van der Waals surface area contributed by atoms with E-state index in [9.17, 15) is 4.79 Å². The smallest absolute Gasteiger partial charge is 0.274 e. The molecule has 4 nitrogen and oxygen atoms in total. The Bertz CT molecular complexity index is 889. The Kier molecular flexibility index (Phi) is 4.12. The van der Waals surface area contributed by atoms with E-state index in [2.05, 4.69) is 16.4 Å². The van der Waals surface area contributed by atoms with E-state index < -0.39 is 0 Å². The number of amides is 1. The van der Waals surface area contributed by atoms with Gasteiger partial charge in [0.1, 0.15) is 5.69 Å². The van der Waals surface area contributed by atoms with E-state index in [0.29, 0.717) is 10.5 Å². The fourth-order valence-electron chi connectivity index (χ4n) is 2.61. The second-order valence-electron chi connectivity index (χ2n) is 5.48. The lowest BCUT2D eigenvalue weighted by molar-refractivity contribution is 0.102. The molecule has 0 bridgehead atoms. The summed E-state index contributed by atoms with van der Waals surface area (Å²) in [4.78, 5) is 15.6. The van der Waals surface area contributed by atoms with Crippen molar-refractivity contribution in [1.29, 1.82) is 0 Å². The van der Waals surface area contributed by atoms with E-state index in [1.165, 1.54) is 0 Å². The van der Waals surface area contributed by atoms with Gasteiger partial charge in [0, 0.05) is 17.6 Å². The Morgan fingerprint density at radius 3 is 2.39 bits per heavy atom. The molecule has 0 fully saturated rings. The molecule has 0 unspecified atom stereocenters. The molecule has 1 heterocycles. The number of hydrogen-bond donors (Lipinski definition) is 2. The first-order valence-electron chi connectivity index (χ1n) is 7.30. The number of rotatable bonds is 3. The molecule has 3 rings (SSSR count). The van der Waals surface area contributed by atoms with Crippen LogP contribution in [0.1, 0.15) is 21.6 Å². The third-order valence-electron chi connectivity index (χ3n) is 3.50. The van der Waals surface area contributed by atoms with Crippen LogP contribution >= 0.6 is 12.2 Å². The van der Waals surface area contributed by atoms with Crippen LogP contribution < -0.4 is 5.32 Å². The van der Waals surface area contributed by atoms with E-state index in [4.69, 9.17) is 12.2 Å². The molecule has 0 saturated carbocycles. The Morgan fingerprint density at radius 1 is 1.09 bits per heavy atom. The molecular weight excluding hydrogens is 306 g/mol. The van der Waals surface area contributed by atoms with E-state index in [1.807, 2.05) is 56.3 Å². The van der Waals surface area contributed by atoms with Gasteiger partial charge in [-0.25, -0.2) is 0 Å². The highest BCUT2D eigenvalue weighted by molar-refractivity contribution is 7.71. The number of imidazole rings is 1. The van der Waals surface area contributed by atoms with Crippen LogP contribution in [0.15, 0.2) is 54.7 Å². The zero-order valence-corrected chi connectivity index (χ0v) is 13.8. The highest BCUT2D eigenvalue weighted by Crippen LogP contribution is 2.17.